The first-order valence-electron chi connectivity index (χ1n) is 12.2. The van der Waals surface area contributed by atoms with Crippen LogP contribution in [-0.2, 0) is 22.6 Å². The largest absolute Gasteiger partial charge is 0.337 e. The highest BCUT2D eigenvalue weighted by Crippen LogP contribution is 2.35. The number of carbonyl (C=O) groups is 2. The summed E-state index contributed by atoms with van der Waals surface area (Å²) < 4.78 is 1.50. The van der Waals surface area contributed by atoms with Gasteiger partial charge in [-0.2, -0.15) is 0 Å². The molecular formula is C24H33N5O3. The van der Waals surface area contributed by atoms with Gasteiger partial charge in [0.1, 0.15) is 0 Å². The highest BCUT2D eigenvalue weighted by molar-refractivity contribution is 5.80. The average molecular weight is 440 g/mol. The fourth-order valence-electron chi connectivity index (χ4n) is 5.65. The van der Waals surface area contributed by atoms with Gasteiger partial charge in [-0.1, -0.05) is 26.7 Å². The van der Waals surface area contributed by atoms with Crippen molar-refractivity contribution in [1.29, 1.82) is 0 Å². The lowest BCUT2D eigenvalue weighted by Crippen LogP contribution is -2.42. The summed E-state index contributed by atoms with van der Waals surface area (Å²) in [6.45, 7) is 5.44. The lowest BCUT2D eigenvalue weighted by atomic mass is 9.96. The van der Waals surface area contributed by atoms with Gasteiger partial charge in [0.15, 0.2) is 5.65 Å². The van der Waals surface area contributed by atoms with Crippen LogP contribution in [0.4, 0.5) is 0 Å². The zero-order chi connectivity index (χ0) is 22.4. The van der Waals surface area contributed by atoms with Gasteiger partial charge in [0.25, 0.3) is 5.56 Å². The molecule has 0 bridgehead atoms. The van der Waals surface area contributed by atoms with Crippen LogP contribution in [0, 0.1) is 11.8 Å². The third-order valence-electron chi connectivity index (χ3n) is 7.44. The summed E-state index contributed by atoms with van der Waals surface area (Å²) in [5.74, 6) is 0.393. The molecule has 2 amide bonds. The standard InChI is InChI=1S/C24H33N5O3/c1-15(2)22(30)27-12-10-18-17(14-27)24(32)29-21(25-18)13-19(26-29)20-9-5-6-11-28(20)23(31)16-7-3-4-8-16/h13,15-16,20,26H,3-12,14H2,1-2H3. The van der Waals surface area contributed by atoms with Crippen molar-refractivity contribution in [2.75, 3.05) is 13.1 Å². The monoisotopic (exact) mass is 439 g/mol. The van der Waals surface area contributed by atoms with Gasteiger partial charge >= 0.3 is 0 Å². The summed E-state index contributed by atoms with van der Waals surface area (Å²) in [7, 11) is 0. The molecule has 2 aliphatic heterocycles. The topological polar surface area (TPSA) is 90.8 Å². The number of likely N-dealkylation sites (tertiary alicyclic amines) is 1. The maximum Gasteiger partial charge on any atom is 0.277 e. The molecule has 1 saturated carbocycles. The van der Waals surface area contributed by atoms with Crippen molar-refractivity contribution in [1.82, 2.24) is 24.4 Å². The van der Waals surface area contributed by atoms with E-state index in [2.05, 4.69) is 5.10 Å². The van der Waals surface area contributed by atoms with Gasteiger partial charge in [-0.25, -0.2) is 9.50 Å². The van der Waals surface area contributed by atoms with E-state index < -0.39 is 0 Å². The van der Waals surface area contributed by atoms with E-state index in [1.54, 1.807) is 4.90 Å². The lowest BCUT2D eigenvalue weighted by Gasteiger charge is -2.36. The van der Waals surface area contributed by atoms with Crippen molar-refractivity contribution in [3.63, 3.8) is 0 Å². The molecule has 2 fully saturated rings. The van der Waals surface area contributed by atoms with Crippen LogP contribution in [0.3, 0.4) is 0 Å². The van der Waals surface area contributed by atoms with Crippen molar-refractivity contribution in [3.05, 3.63) is 33.4 Å². The molecule has 8 nitrogen and oxygen atoms in total. The number of nitrogens with one attached hydrogen (secondary N) is 1. The van der Waals surface area contributed by atoms with Gasteiger partial charge in [0.05, 0.1) is 29.5 Å². The van der Waals surface area contributed by atoms with E-state index in [9.17, 15) is 14.4 Å². The zero-order valence-electron chi connectivity index (χ0n) is 19.1. The molecule has 1 N–H and O–H groups in total. The SMILES string of the molecule is CC(C)C(=O)N1CCc2nc3cc(C4CCCCN4C(=O)C4CCCC4)[nH]n3c(=O)c2C1. The molecule has 1 atom stereocenters. The zero-order valence-corrected chi connectivity index (χ0v) is 19.1. The van der Waals surface area contributed by atoms with Crippen LogP contribution < -0.4 is 5.56 Å². The average Bonchev–Trinajstić information content (AvgIpc) is 3.48. The lowest BCUT2D eigenvalue weighted by molar-refractivity contribution is -0.139. The minimum atomic E-state index is -0.137. The summed E-state index contributed by atoms with van der Waals surface area (Å²) >= 11 is 0. The summed E-state index contributed by atoms with van der Waals surface area (Å²) in [6, 6.07) is 1.91. The molecule has 0 radical (unpaired) electrons. The van der Waals surface area contributed by atoms with E-state index >= 15 is 0 Å². The molecule has 172 valence electrons. The molecule has 32 heavy (non-hydrogen) atoms. The molecule has 8 heteroatoms. The molecule has 1 unspecified atom stereocenters. The van der Waals surface area contributed by atoms with E-state index in [-0.39, 0.29) is 35.3 Å². The Morgan fingerprint density at radius 3 is 2.59 bits per heavy atom. The Labute approximate surface area is 188 Å². The number of nitrogens with zero attached hydrogens (tertiary/aromatic N) is 4. The van der Waals surface area contributed by atoms with E-state index in [0.717, 1.165) is 62.9 Å². The second-order valence-electron chi connectivity index (χ2n) is 9.94. The Morgan fingerprint density at radius 2 is 1.84 bits per heavy atom. The molecule has 0 aromatic carbocycles. The summed E-state index contributed by atoms with van der Waals surface area (Å²) in [6.07, 6.45) is 7.86. The maximum absolute atomic E-state index is 13.3. The molecule has 1 saturated heterocycles. The third kappa shape index (κ3) is 3.63. The van der Waals surface area contributed by atoms with Gasteiger partial charge in [0.2, 0.25) is 11.8 Å². The predicted octanol–water partition coefficient (Wildman–Crippen LogP) is 2.81. The van der Waals surface area contributed by atoms with Crippen LogP contribution in [0.15, 0.2) is 10.9 Å². The third-order valence-corrected chi connectivity index (χ3v) is 7.44. The fraction of sp³-hybridized carbons (Fsp3) is 0.667. The number of fused-ring (bicyclic) bond motifs is 2. The molecule has 2 aromatic rings. The number of aromatic nitrogens is 3. The summed E-state index contributed by atoms with van der Waals surface area (Å²) in [5, 5.41) is 3.27. The molecular weight excluding hydrogens is 406 g/mol. The Hall–Kier alpha value is -2.64. The minimum Gasteiger partial charge on any atom is -0.337 e. The van der Waals surface area contributed by atoms with Crippen LogP contribution in [-0.4, -0.2) is 49.3 Å². The Kier molecular flexibility index (Phi) is 5.55. The van der Waals surface area contributed by atoms with E-state index in [1.165, 1.54) is 4.52 Å². The van der Waals surface area contributed by atoms with Crippen molar-refractivity contribution < 1.29 is 9.59 Å². The Balaban J connectivity index is 1.47. The number of aromatic amines is 1. The number of rotatable bonds is 3. The number of hydrogen-bond donors (Lipinski definition) is 1. The Morgan fingerprint density at radius 1 is 1.09 bits per heavy atom. The number of carbonyl (C=O) groups excluding carboxylic acids is 2. The number of H-pyrrole nitrogens is 1. The van der Waals surface area contributed by atoms with E-state index in [4.69, 9.17) is 4.98 Å². The molecule has 2 aromatic heterocycles. The van der Waals surface area contributed by atoms with Crippen LogP contribution >= 0.6 is 0 Å². The minimum absolute atomic E-state index is 0.0333. The van der Waals surface area contributed by atoms with E-state index in [0.29, 0.717) is 30.7 Å². The number of hydrogen-bond acceptors (Lipinski definition) is 4. The van der Waals surface area contributed by atoms with Gasteiger partial charge in [-0.05, 0) is 32.1 Å². The number of amides is 2. The van der Waals surface area contributed by atoms with Crippen molar-refractivity contribution in [3.8, 4) is 0 Å². The fourth-order valence-corrected chi connectivity index (χ4v) is 5.65. The van der Waals surface area contributed by atoms with Crippen molar-refractivity contribution in [2.24, 2.45) is 11.8 Å². The molecule has 1 aliphatic carbocycles. The van der Waals surface area contributed by atoms with Crippen LogP contribution in [0.2, 0.25) is 0 Å². The van der Waals surface area contributed by atoms with Gasteiger partial charge in [-0.3, -0.25) is 19.5 Å². The highest BCUT2D eigenvalue weighted by atomic mass is 16.2. The van der Waals surface area contributed by atoms with Crippen LogP contribution in [0.1, 0.15) is 81.8 Å². The molecule has 5 rings (SSSR count). The highest BCUT2D eigenvalue weighted by Gasteiger charge is 2.35. The van der Waals surface area contributed by atoms with Crippen LogP contribution in [0.25, 0.3) is 5.65 Å². The smallest absolute Gasteiger partial charge is 0.277 e. The maximum atomic E-state index is 13.3. The van der Waals surface area contributed by atoms with Gasteiger partial charge in [-0.15, -0.1) is 0 Å². The first kappa shape index (κ1) is 21.2. The number of piperidine rings is 1. The summed E-state index contributed by atoms with van der Waals surface area (Å²) in [4.78, 5) is 47.5. The van der Waals surface area contributed by atoms with Crippen molar-refractivity contribution >= 4 is 17.5 Å². The Bertz CT molecular complexity index is 1090. The van der Waals surface area contributed by atoms with Gasteiger partial charge < -0.3 is 9.80 Å². The first-order valence-corrected chi connectivity index (χ1v) is 12.2. The van der Waals surface area contributed by atoms with Gasteiger partial charge in [0, 0.05) is 37.4 Å². The van der Waals surface area contributed by atoms with Crippen LogP contribution in [0.5, 0.6) is 0 Å². The molecule has 0 spiro atoms. The summed E-state index contributed by atoms with van der Waals surface area (Å²) in [5.41, 5.74) is 2.74. The second kappa shape index (κ2) is 8.37. The normalized spacial score (nSPS) is 22.0. The quantitative estimate of drug-likeness (QED) is 0.796. The molecule has 4 heterocycles. The molecule has 3 aliphatic rings. The predicted molar refractivity (Wildman–Crippen MR) is 120 cm³/mol. The second-order valence-corrected chi connectivity index (χ2v) is 9.94. The van der Waals surface area contributed by atoms with Crippen molar-refractivity contribution in [2.45, 2.75) is 77.8 Å². The first-order chi connectivity index (χ1) is 15.4. The van der Waals surface area contributed by atoms with E-state index in [1.807, 2.05) is 24.8 Å².